The molecule has 0 aliphatic heterocycles. The van der Waals surface area contributed by atoms with Crippen molar-refractivity contribution in [3.8, 4) is 0 Å². The van der Waals surface area contributed by atoms with Crippen LogP contribution in [0.2, 0.25) is 0 Å². The Balaban J connectivity index is 3.59. The lowest BCUT2D eigenvalue weighted by Gasteiger charge is -2.55. The molecule has 1 fully saturated rings. The fraction of sp³-hybridized carbons (Fsp3) is 0.571. The quantitative estimate of drug-likeness (QED) is 0.395. The van der Waals surface area contributed by atoms with Crippen LogP contribution in [0.5, 0.6) is 0 Å². The van der Waals surface area contributed by atoms with Crippen molar-refractivity contribution in [3.05, 3.63) is 36.5 Å². The van der Waals surface area contributed by atoms with E-state index in [9.17, 15) is 14.4 Å². The van der Waals surface area contributed by atoms with Gasteiger partial charge in [0.25, 0.3) is 5.79 Å². The molecule has 0 amide bonds. The van der Waals surface area contributed by atoms with E-state index in [0.29, 0.717) is 12.8 Å². The second-order valence-corrected chi connectivity index (χ2v) is 8.03. The highest BCUT2D eigenvalue weighted by Gasteiger charge is 2.67. The minimum absolute atomic E-state index is 0.137. The van der Waals surface area contributed by atoms with Crippen LogP contribution in [-0.2, 0) is 28.6 Å². The Bertz CT molecular complexity index is 671. The van der Waals surface area contributed by atoms with Gasteiger partial charge in [-0.2, -0.15) is 0 Å². The summed E-state index contributed by atoms with van der Waals surface area (Å²) in [6, 6.07) is 0. The predicted octanol–water partition coefficient (Wildman–Crippen LogP) is 4.01. The monoisotopic (exact) mass is 378 g/mol. The second kappa shape index (κ2) is 7.71. The van der Waals surface area contributed by atoms with Gasteiger partial charge in [0, 0.05) is 28.6 Å². The molecule has 0 spiro atoms. The van der Waals surface area contributed by atoms with E-state index in [1.165, 1.54) is 20.8 Å². The van der Waals surface area contributed by atoms with Crippen molar-refractivity contribution in [2.45, 2.75) is 72.2 Å². The number of esters is 3. The van der Waals surface area contributed by atoms with Gasteiger partial charge in [-0.3, -0.25) is 0 Å². The van der Waals surface area contributed by atoms with Crippen LogP contribution in [0.3, 0.4) is 0 Å². The van der Waals surface area contributed by atoms with Crippen LogP contribution in [0.25, 0.3) is 0 Å². The minimum Gasteiger partial charge on any atom is -0.447 e. The van der Waals surface area contributed by atoms with Gasteiger partial charge >= 0.3 is 17.9 Å². The van der Waals surface area contributed by atoms with Crippen LogP contribution >= 0.6 is 0 Å². The summed E-state index contributed by atoms with van der Waals surface area (Å²) >= 11 is 0. The predicted molar refractivity (Wildman–Crippen MR) is 101 cm³/mol. The van der Waals surface area contributed by atoms with Gasteiger partial charge in [-0.15, -0.1) is 0 Å². The first kappa shape index (κ1) is 22.7. The van der Waals surface area contributed by atoms with Crippen molar-refractivity contribution < 1.29 is 28.6 Å². The number of hydrogen-bond donors (Lipinski definition) is 0. The molecule has 1 aliphatic carbocycles. The van der Waals surface area contributed by atoms with E-state index in [2.05, 4.69) is 19.7 Å². The first-order chi connectivity index (χ1) is 12.2. The normalized spacial score (nSPS) is 22.9. The van der Waals surface area contributed by atoms with Crippen molar-refractivity contribution in [2.75, 3.05) is 0 Å². The van der Waals surface area contributed by atoms with E-state index >= 15 is 0 Å². The Morgan fingerprint density at radius 3 is 1.44 bits per heavy atom. The zero-order chi connectivity index (χ0) is 21.2. The number of carbonyl (C=O) groups is 3. The largest absolute Gasteiger partial charge is 0.447 e. The summed E-state index contributed by atoms with van der Waals surface area (Å²) in [4.78, 5) is 37.2. The third-order valence-electron chi connectivity index (χ3n) is 5.18. The lowest BCUT2D eigenvalue weighted by atomic mass is 9.62. The smallest absolute Gasteiger partial charge is 0.336 e. The van der Waals surface area contributed by atoms with Gasteiger partial charge in [-0.05, 0) is 40.5 Å². The summed E-state index contributed by atoms with van der Waals surface area (Å²) in [5, 5.41) is 0. The van der Waals surface area contributed by atoms with Crippen molar-refractivity contribution >= 4 is 17.9 Å². The third kappa shape index (κ3) is 4.31. The number of carbonyl (C=O) groups excluding carboxylic acids is 3. The molecule has 0 saturated heterocycles. The fourth-order valence-electron chi connectivity index (χ4n) is 3.04. The average molecular weight is 378 g/mol. The van der Waals surface area contributed by atoms with Gasteiger partial charge in [-0.25, -0.2) is 14.4 Å². The minimum atomic E-state index is -1.81. The van der Waals surface area contributed by atoms with Gasteiger partial charge < -0.3 is 14.2 Å². The van der Waals surface area contributed by atoms with E-state index in [0.717, 1.165) is 0 Å². The molecule has 6 nitrogen and oxygen atoms in total. The summed E-state index contributed by atoms with van der Waals surface area (Å²) in [5.74, 6) is -3.94. The SMILES string of the molecule is C=C(C)C(=O)OC1(OC(=O)C(=C)C)CCCC(C)(C)C1(C)OC(=O)C(=C)C. The van der Waals surface area contributed by atoms with Crippen molar-refractivity contribution in [1.82, 2.24) is 0 Å². The molecule has 0 bridgehead atoms. The Labute approximate surface area is 161 Å². The highest BCUT2D eigenvalue weighted by molar-refractivity contribution is 5.90. The van der Waals surface area contributed by atoms with Gasteiger partial charge in [0.05, 0.1) is 0 Å². The summed E-state index contributed by atoms with van der Waals surface area (Å²) in [5.41, 5.74) is -1.66. The molecule has 27 heavy (non-hydrogen) atoms. The van der Waals surface area contributed by atoms with Crippen LogP contribution in [0.4, 0.5) is 0 Å². The molecule has 150 valence electrons. The van der Waals surface area contributed by atoms with Crippen molar-refractivity contribution in [3.63, 3.8) is 0 Å². The van der Waals surface area contributed by atoms with Crippen LogP contribution in [0, 0.1) is 5.41 Å². The zero-order valence-corrected chi connectivity index (χ0v) is 17.2. The highest BCUT2D eigenvalue weighted by atomic mass is 16.8. The number of ether oxygens (including phenoxy) is 3. The first-order valence-corrected chi connectivity index (χ1v) is 8.85. The van der Waals surface area contributed by atoms with Crippen LogP contribution in [-0.4, -0.2) is 29.3 Å². The van der Waals surface area contributed by atoms with Crippen molar-refractivity contribution in [1.29, 1.82) is 0 Å². The molecule has 1 saturated carbocycles. The van der Waals surface area contributed by atoms with Gasteiger partial charge in [-0.1, -0.05) is 33.6 Å². The molecule has 0 heterocycles. The Morgan fingerprint density at radius 1 is 0.704 bits per heavy atom. The van der Waals surface area contributed by atoms with Crippen LogP contribution in [0.15, 0.2) is 36.5 Å². The van der Waals surface area contributed by atoms with Crippen LogP contribution < -0.4 is 0 Å². The lowest BCUT2D eigenvalue weighted by Crippen LogP contribution is -2.68. The molecule has 0 aromatic carbocycles. The Kier molecular flexibility index (Phi) is 6.47. The summed E-state index contributed by atoms with van der Waals surface area (Å²) < 4.78 is 17.1. The zero-order valence-electron chi connectivity index (χ0n) is 17.2. The topological polar surface area (TPSA) is 78.9 Å². The van der Waals surface area contributed by atoms with Gasteiger partial charge in [0.15, 0.2) is 5.60 Å². The van der Waals surface area contributed by atoms with Gasteiger partial charge in [0.1, 0.15) is 0 Å². The Hall–Kier alpha value is -2.37. The van der Waals surface area contributed by atoms with Gasteiger partial charge in [0.2, 0.25) is 0 Å². The molecular weight excluding hydrogens is 348 g/mol. The molecule has 0 radical (unpaired) electrons. The summed E-state index contributed by atoms with van der Waals surface area (Å²) in [6.07, 6.45) is 1.44. The maximum atomic E-state index is 12.4. The van der Waals surface area contributed by atoms with E-state index in [1.807, 2.05) is 13.8 Å². The van der Waals surface area contributed by atoms with E-state index in [-0.39, 0.29) is 23.1 Å². The molecule has 1 atom stereocenters. The fourth-order valence-corrected chi connectivity index (χ4v) is 3.04. The molecule has 6 heteroatoms. The molecule has 1 aliphatic rings. The molecule has 0 N–H and O–H groups in total. The van der Waals surface area contributed by atoms with Crippen molar-refractivity contribution in [2.24, 2.45) is 5.41 Å². The molecular formula is C21H30O6. The lowest BCUT2D eigenvalue weighted by molar-refractivity contribution is -0.329. The van der Waals surface area contributed by atoms with Crippen LogP contribution in [0.1, 0.15) is 60.8 Å². The second-order valence-electron chi connectivity index (χ2n) is 8.03. The number of hydrogen-bond acceptors (Lipinski definition) is 6. The molecule has 1 rings (SSSR count). The average Bonchev–Trinajstić information content (AvgIpc) is 2.52. The van der Waals surface area contributed by atoms with E-state index < -0.39 is 34.7 Å². The summed E-state index contributed by atoms with van der Waals surface area (Å²) in [6.45, 7) is 20.6. The molecule has 0 aromatic rings. The maximum Gasteiger partial charge on any atom is 0.336 e. The maximum absolute atomic E-state index is 12.4. The van der Waals surface area contributed by atoms with E-state index in [4.69, 9.17) is 14.2 Å². The first-order valence-electron chi connectivity index (χ1n) is 8.85. The summed E-state index contributed by atoms with van der Waals surface area (Å²) in [7, 11) is 0. The standard InChI is InChI=1S/C21H30O6/c1-13(2)16(22)25-20(9)19(7,8)11-10-12-21(20,26-17(23)14(3)4)27-18(24)15(5)6/h1,3,5,10-12H2,2,4,6-9H3. The molecule has 1 unspecified atom stereocenters. The molecule has 0 aromatic heterocycles. The highest BCUT2D eigenvalue weighted by Crippen LogP contribution is 2.54. The Morgan fingerprint density at radius 2 is 1.07 bits per heavy atom. The number of rotatable bonds is 6. The van der Waals surface area contributed by atoms with E-state index in [1.54, 1.807) is 6.92 Å². The third-order valence-corrected chi connectivity index (χ3v) is 5.18.